The largest absolute Gasteiger partial charge is 0.503 e. The predicted octanol–water partition coefficient (Wildman–Crippen LogP) is 5.45. The molecule has 1 saturated heterocycles. The maximum Gasteiger partial charge on any atom is 0.339 e. The van der Waals surface area contributed by atoms with Crippen LogP contribution < -0.4 is 10.1 Å². The minimum Gasteiger partial charge on any atom is -0.503 e. The van der Waals surface area contributed by atoms with Crippen molar-refractivity contribution in [2.75, 3.05) is 25.6 Å². The number of carbonyl (C=O) groups is 4. The number of imide groups is 1. The molecule has 0 spiro atoms. The molecular weight excluding hydrogens is 576 g/mol. The summed E-state index contributed by atoms with van der Waals surface area (Å²) in [6.45, 7) is 1.69. The minimum absolute atomic E-state index is 0.0927. The molecule has 1 fully saturated rings. The van der Waals surface area contributed by atoms with Gasteiger partial charge in [0.15, 0.2) is 11.5 Å². The molecule has 0 aromatic heterocycles. The quantitative estimate of drug-likeness (QED) is 0.222. The molecule has 12 heteroatoms. The molecule has 0 unspecified atom stereocenters. The summed E-state index contributed by atoms with van der Waals surface area (Å²) in [5.41, 5.74) is 0.858. The van der Waals surface area contributed by atoms with Crippen LogP contribution in [0.4, 0.5) is 10.5 Å². The molecule has 1 heterocycles. The van der Waals surface area contributed by atoms with E-state index in [-0.39, 0.29) is 39.3 Å². The first-order chi connectivity index (χ1) is 17.1. The molecule has 36 heavy (non-hydrogen) atoms. The van der Waals surface area contributed by atoms with E-state index in [4.69, 9.17) is 21.1 Å². The van der Waals surface area contributed by atoms with Crippen LogP contribution in [0, 0.1) is 0 Å². The van der Waals surface area contributed by atoms with Gasteiger partial charge < -0.3 is 19.9 Å². The van der Waals surface area contributed by atoms with E-state index in [9.17, 15) is 24.3 Å². The number of rotatable bonds is 9. The zero-order chi connectivity index (χ0) is 26.4. The van der Waals surface area contributed by atoms with E-state index in [0.717, 1.165) is 11.3 Å². The Balaban J connectivity index is 1.69. The molecule has 2 N–H and O–H groups in total. The zero-order valence-corrected chi connectivity index (χ0v) is 22.5. The summed E-state index contributed by atoms with van der Waals surface area (Å²) in [6.07, 6.45) is 3.04. The maximum absolute atomic E-state index is 12.8. The number of nitrogens with zero attached hydrogens (tertiary/aromatic N) is 1. The van der Waals surface area contributed by atoms with Crippen LogP contribution in [0.5, 0.6) is 11.5 Å². The number of esters is 1. The first-order valence-corrected chi connectivity index (χ1v) is 12.7. The summed E-state index contributed by atoms with van der Waals surface area (Å²) in [7, 11) is 1.39. The van der Waals surface area contributed by atoms with Gasteiger partial charge in [0.05, 0.1) is 33.7 Å². The molecular formula is C24H22BrClN2O7S. The van der Waals surface area contributed by atoms with E-state index < -0.39 is 29.6 Å². The first kappa shape index (κ1) is 27.6. The van der Waals surface area contributed by atoms with Crippen LogP contribution in [0.2, 0.25) is 5.02 Å². The smallest absolute Gasteiger partial charge is 0.339 e. The Morgan fingerprint density at radius 3 is 2.69 bits per heavy atom. The number of hydrogen-bond donors (Lipinski definition) is 2. The average Bonchev–Trinajstić information content (AvgIpc) is 3.09. The highest BCUT2D eigenvalue weighted by Crippen LogP contribution is 2.38. The summed E-state index contributed by atoms with van der Waals surface area (Å²) in [5.74, 6) is -1.80. The Kier molecular flexibility index (Phi) is 9.41. The Morgan fingerprint density at radius 2 is 2.00 bits per heavy atom. The van der Waals surface area contributed by atoms with E-state index in [1.165, 1.54) is 37.5 Å². The van der Waals surface area contributed by atoms with Crippen LogP contribution in [0.1, 0.15) is 35.7 Å². The number of ether oxygens (including phenoxy) is 2. The van der Waals surface area contributed by atoms with E-state index in [1.807, 2.05) is 6.92 Å². The topological polar surface area (TPSA) is 122 Å². The molecule has 0 atom stereocenters. The van der Waals surface area contributed by atoms with Gasteiger partial charge in [-0.2, -0.15) is 0 Å². The fourth-order valence-electron chi connectivity index (χ4n) is 3.11. The number of unbranched alkanes of at least 4 members (excludes halogenated alkanes) is 1. The third kappa shape index (κ3) is 6.59. The fraction of sp³-hybridized carbons (Fsp3) is 0.250. The number of carbonyl (C=O) groups excluding carboxylic acids is 4. The summed E-state index contributed by atoms with van der Waals surface area (Å²) in [6, 6.07) is 7.38. The molecule has 0 saturated carbocycles. The van der Waals surface area contributed by atoms with Gasteiger partial charge in [0.2, 0.25) is 5.91 Å². The fourth-order valence-corrected chi connectivity index (χ4v) is 4.60. The molecule has 3 rings (SSSR count). The van der Waals surface area contributed by atoms with Crippen LogP contribution in [-0.2, 0) is 14.3 Å². The molecule has 190 valence electrons. The van der Waals surface area contributed by atoms with Crippen LogP contribution in [0.3, 0.4) is 0 Å². The molecule has 1 aliphatic rings. The van der Waals surface area contributed by atoms with Gasteiger partial charge in [-0.25, -0.2) is 4.79 Å². The Hall–Kier alpha value is -3.02. The molecule has 0 bridgehead atoms. The van der Waals surface area contributed by atoms with Crippen LogP contribution >= 0.6 is 39.3 Å². The van der Waals surface area contributed by atoms with Crippen molar-refractivity contribution in [1.82, 2.24) is 4.90 Å². The standard InChI is InChI=1S/C24H22BrClN2O7S/c1-3-4-7-35-23(32)15-11-14(5-6-17(15)26)27-20(29)12-28-22(31)19(36-24(28)33)10-13-8-16(25)21(30)18(9-13)34-2/h5-6,8-11,30H,3-4,7,12H2,1-2H3,(H,27,29)/b19-10+. The average molecular weight is 598 g/mol. The predicted molar refractivity (Wildman–Crippen MR) is 140 cm³/mol. The van der Waals surface area contributed by atoms with Gasteiger partial charge in [-0.15, -0.1) is 0 Å². The maximum atomic E-state index is 12.8. The monoisotopic (exact) mass is 596 g/mol. The van der Waals surface area contributed by atoms with Gasteiger partial charge in [0.25, 0.3) is 11.1 Å². The van der Waals surface area contributed by atoms with Gasteiger partial charge in [0, 0.05) is 5.69 Å². The number of benzene rings is 2. The Morgan fingerprint density at radius 1 is 1.25 bits per heavy atom. The molecule has 2 aromatic carbocycles. The number of amides is 3. The normalized spacial score (nSPS) is 14.3. The van der Waals surface area contributed by atoms with Crippen molar-refractivity contribution in [3.8, 4) is 11.5 Å². The number of phenols is 1. The molecule has 3 amide bonds. The second kappa shape index (κ2) is 12.3. The second-order valence-corrected chi connectivity index (χ2v) is 9.81. The van der Waals surface area contributed by atoms with Gasteiger partial charge in [0.1, 0.15) is 6.54 Å². The summed E-state index contributed by atoms with van der Waals surface area (Å²) in [4.78, 5) is 51.0. The third-order valence-electron chi connectivity index (χ3n) is 4.94. The lowest BCUT2D eigenvalue weighted by molar-refractivity contribution is -0.127. The molecule has 9 nitrogen and oxygen atoms in total. The van der Waals surface area contributed by atoms with E-state index >= 15 is 0 Å². The lowest BCUT2D eigenvalue weighted by Gasteiger charge is -2.13. The van der Waals surface area contributed by atoms with Crippen molar-refractivity contribution in [1.29, 1.82) is 0 Å². The van der Waals surface area contributed by atoms with Crippen LogP contribution in [0.25, 0.3) is 6.08 Å². The van der Waals surface area contributed by atoms with Crippen molar-refractivity contribution in [3.63, 3.8) is 0 Å². The van der Waals surface area contributed by atoms with E-state index in [2.05, 4.69) is 21.2 Å². The molecule has 0 radical (unpaired) electrons. The van der Waals surface area contributed by atoms with Crippen molar-refractivity contribution in [2.45, 2.75) is 19.8 Å². The van der Waals surface area contributed by atoms with Crippen molar-refractivity contribution in [2.24, 2.45) is 0 Å². The highest BCUT2D eigenvalue weighted by molar-refractivity contribution is 9.10. The van der Waals surface area contributed by atoms with E-state index in [0.29, 0.717) is 28.2 Å². The summed E-state index contributed by atoms with van der Waals surface area (Å²) >= 11 is 9.98. The van der Waals surface area contributed by atoms with E-state index in [1.54, 1.807) is 6.07 Å². The minimum atomic E-state index is -0.639. The number of methoxy groups -OCH3 is 1. The SMILES string of the molecule is CCCCOC(=O)c1cc(NC(=O)CN2C(=O)S/C(=C/c3cc(Br)c(O)c(OC)c3)C2=O)ccc1Cl. The lowest BCUT2D eigenvalue weighted by Crippen LogP contribution is -2.36. The molecule has 2 aromatic rings. The first-order valence-electron chi connectivity index (χ1n) is 10.7. The summed E-state index contributed by atoms with van der Waals surface area (Å²) < 4.78 is 10.6. The van der Waals surface area contributed by atoms with Crippen molar-refractivity contribution < 1.29 is 33.8 Å². The number of hydrogen-bond acceptors (Lipinski definition) is 8. The third-order valence-corrected chi connectivity index (χ3v) is 6.79. The number of anilines is 1. The summed E-state index contributed by atoms with van der Waals surface area (Å²) in [5, 5.41) is 12.1. The Bertz CT molecular complexity index is 1250. The molecule has 1 aliphatic heterocycles. The van der Waals surface area contributed by atoms with Gasteiger partial charge in [-0.1, -0.05) is 24.9 Å². The molecule has 0 aliphatic carbocycles. The van der Waals surface area contributed by atoms with Gasteiger partial charge in [-0.05, 0) is 76.1 Å². The van der Waals surface area contributed by atoms with Gasteiger partial charge in [-0.3, -0.25) is 19.3 Å². The second-order valence-electron chi connectivity index (χ2n) is 7.55. The van der Waals surface area contributed by atoms with Gasteiger partial charge >= 0.3 is 5.97 Å². The highest BCUT2D eigenvalue weighted by Gasteiger charge is 2.36. The van der Waals surface area contributed by atoms with Crippen molar-refractivity contribution >= 4 is 74.1 Å². The van der Waals surface area contributed by atoms with Crippen LogP contribution in [0.15, 0.2) is 39.7 Å². The number of phenolic OH excluding ortho intramolecular Hbond substituents is 1. The highest BCUT2D eigenvalue weighted by atomic mass is 79.9. The number of thioether (sulfide) groups is 1. The van der Waals surface area contributed by atoms with Crippen LogP contribution in [-0.4, -0.2) is 53.3 Å². The Labute approximate surface area is 224 Å². The number of aromatic hydroxyl groups is 1. The lowest BCUT2D eigenvalue weighted by atomic mass is 10.2. The number of nitrogens with one attached hydrogen (secondary N) is 1. The zero-order valence-electron chi connectivity index (χ0n) is 19.3. The number of halogens is 2. The van der Waals surface area contributed by atoms with Crippen molar-refractivity contribution in [3.05, 3.63) is 55.9 Å².